The number of anilines is 1. The molecular formula is C13H17N3O4. The molecule has 0 unspecified atom stereocenters. The second kappa shape index (κ2) is 6.33. The van der Waals surface area contributed by atoms with Gasteiger partial charge in [-0.25, -0.2) is 4.79 Å². The molecule has 2 atom stereocenters. The first-order valence-electron chi connectivity index (χ1n) is 6.56. The Bertz CT molecular complexity index is 489. The van der Waals surface area contributed by atoms with Crippen LogP contribution in [-0.4, -0.2) is 28.2 Å². The second-order valence-corrected chi connectivity index (χ2v) is 4.86. The van der Waals surface area contributed by atoms with Crippen molar-refractivity contribution in [3.63, 3.8) is 0 Å². The molecule has 1 aliphatic carbocycles. The zero-order valence-electron chi connectivity index (χ0n) is 10.9. The van der Waals surface area contributed by atoms with Crippen molar-refractivity contribution in [3.8, 4) is 0 Å². The van der Waals surface area contributed by atoms with E-state index < -0.39 is 17.1 Å². The summed E-state index contributed by atoms with van der Waals surface area (Å²) < 4.78 is 0. The van der Waals surface area contributed by atoms with Gasteiger partial charge in [0.1, 0.15) is 0 Å². The Labute approximate surface area is 116 Å². The third kappa shape index (κ3) is 3.67. The fraction of sp³-hybridized carbons (Fsp3) is 0.462. The molecule has 0 aromatic heterocycles. The van der Waals surface area contributed by atoms with Crippen LogP contribution in [0.4, 0.5) is 16.2 Å². The number of hydrogen-bond acceptors (Lipinski definition) is 4. The number of nitro groups is 1. The first kappa shape index (κ1) is 14.3. The smallest absolute Gasteiger partial charge is 0.319 e. The molecule has 1 saturated carbocycles. The number of hydrogen-bond donors (Lipinski definition) is 3. The van der Waals surface area contributed by atoms with E-state index >= 15 is 0 Å². The summed E-state index contributed by atoms with van der Waals surface area (Å²) in [7, 11) is 0. The largest absolute Gasteiger partial charge is 0.391 e. The van der Waals surface area contributed by atoms with Gasteiger partial charge < -0.3 is 15.7 Å². The molecule has 1 aromatic rings. The lowest BCUT2D eigenvalue weighted by Gasteiger charge is -2.28. The number of non-ortho nitro benzene ring substituents is 1. The number of carbonyl (C=O) groups is 1. The minimum atomic E-state index is -0.508. The summed E-state index contributed by atoms with van der Waals surface area (Å²) in [4.78, 5) is 21.8. The molecule has 0 saturated heterocycles. The maximum absolute atomic E-state index is 11.8. The van der Waals surface area contributed by atoms with E-state index in [1.54, 1.807) is 0 Å². The quantitative estimate of drug-likeness (QED) is 0.581. The van der Waals surface area contributed by atoms with E-state index in [1.807, 2.05) is 0 Å². The summed E-state index contributed by atoms with van der Waals surface area (Å²) in [5.41, 5.74) is 0.442. The van der Waals surface area contributed by atoms with Crippen molar-refractivity contribution in [3.05, 3.63) is 34.4 Å². The van der Waals surface area contributed by atoms with Crippen molar-refractivity contribution in [1.29, 1.82) is 0 Å². The van der Waals surface area contributed by atoms with Crippen LogP contribution in [0.3, 0.4) is 0 Å². The van der Waals surface area contributed by atoms with E-state index in [9.17, 15) is 20.0 Å². The first-order chi connectivity index (χ1) is 9.56. The minimum Gasteiger partial charge on any atom is -0.391 e. The highest BCUT2D eigenvalue weighted by atomic mass is 16.6. The van der Waals surface area contributed by atoms with Crippen LogP contribution in [-0.2, 0) is 0 Å². The summed E-state index contributed by atoms with van der Waals surface area (Å²) in [6.45, 7) is 0. The third-order valence-corrected chi connectivity index (χ3v) is 3.38. The van der Waals surface area contributed by atoms with E-state index in [2.05, 4.69) is 10.6 Å². The average Bonchev–Trinajstić information content (AvgIpc) is 2.42. The minimum absolute atomic E-state index is 0.0290. The summed E-state index contributed by atoms with van der Waals surface area (Å²) in [6.07, 6.45) is 2.91. The Morgan fingerprint density at radius 2 is 1.90 bits per heavy atom. The van der Waals surface area contributed by atoms with Crippen molar-refractivity contribution in [2.45, 2.75) is 37.8 Å². The van der Waals surface area contributed by atoms with Crippen molar-refractivity contribution in [2.24, 2.45) is 0 Å². The number of aliphatic hydroxyl groups excluding tert-OH is 1. The van der Waals surface area contributed by atoms with Gasteiger partial charge in [-0.15, -0.1) is 0 Å². The third-order valence-electron chi connectivity index (χ3n) is 3.38. The highest BCUT2D eigenvalue weighted by Crippen LogP contribution is 2.19. The Morgan fingerprint density at radius 1 is 1.25 bits per heavy atom. The number of carbonyl (C=O) groups excluding carboxylic acids is 1. The maximum Gasteiger partial charge on any atom is 0.319 e. The number of nitrogens with zero attached hydrogens (tertiary/aromatic N) is 1. The van der Waals surface area contributed by atoms with E-state index in [0.717, 1.165) is 19.3 Å². The molecule has 2 rings (SSSR count). The van der Waals surface area contributed by atoms with E-state index in [0.29, 0.717) is 12.1 Å². The molecule has 20 heavy (non-hydrogen) atoms. The van der Waals surface area contributed by atoms with Crippen LogP contribution in [0.5, 0.6) is 0 Å². The maximum atomic E-state index is 11.8. The number of nitro benzene ring substituents is 1. The molecule has 2 amide bonds. The molecular weight excluding hydrogens is 262 g/mol. The summed E-state index contributed by atoms with van der Waals surface area (Å²) in [5, 5.41) is 25.6. The molecule has 0 heterocycles. The molecule has 7 heteroatoms. The summed E-state index contributed by atoms with van der Waals surface area (Å²) >= 11 is 0. The molecule has 3 N–H and O–H groups in total. The monoisotopic (exact) mass is 279 g/mol. The van der Waals surface area contributed by atoms with Crippen LogP contribution >= 0.6 is 0 Å². The van der Waals surface area contributed by atoms with Gasteiger partial charge in [0, 0.05) is 17.8 Å². The normalized spacial score (nSPS) is 22.1. The Kier molecular flexibility index (Phi) is 4.52. The van der Waals surface area contributed by atoms with Crippen molar-refractivity contribution < 1.29 is 14.8 Å². The lowest BCUT2D eigenvalue weighted by atomic mass is 9.93. The number of benzene rings is 1. The molecule has 0 aliphatic heterocycles. The fourth-order valence-electron chi connectivity index (χ4n) is 2.28. The second-order valence-electron chi connectivity index (χ2n) is 4.86. The Morgan fingerprint density at radius 3 is 2.50 bits per heavy atom. The van der Waals surface area contributed by atoms with Gasteiger partial charge >= 0.3 is 6.03 Å². The zero-order valence-corrected chi connectivity index (χ0v) is 10.9. The average molecular weight is 279 g/mol. The molecule has 7 nitrogen and oxygen atoms in total. The Balaban J connectivity index is 1.89. The van der Waals surface area contributed by atoms with Gasteiger partial charge in [0.05, 0.1) is 17.1 Å². The SMILES string of the molecule is O=C(Nc1ccc([N+](=O)[O-])cc1)N[C@@H]1CCCC[C@H]1O. The van der Waals surface area contributed by atoms with Gasteiger partial charge in [-0.1, -0.05) is 12.8 Å². The predicted octanol–water partition coefficient (Wildman–Crippen LogP) is 2.02. The fourth-order valence-corrected chi connectivity index (χ4v) is 2.28. The lowest BCUT2D eigenvalue weighted by molar-refractivity contribution is -0.384. The highest BCUT2D eigenvalue weighted by Gasteiger charge is 2.24. The number of urea groups is 1. The van der Waals surface area contributed by atoms with Gasteiger partial charge in [-0.05, 0) is 25.0 Å². The topological polar surface area (TPSA) is 104 Å². The number of aliphatic hydroxyl groups is 1. The van der Waals surface area contributed by atoms with Crippen LogP contribution in [0.25, 0.3) is 0 Å². The van der Waals surface area contributed by atoms with Crippen molar-refractivity contribution in [2.75, 3.05) is 5.32 Å². The van der Waals surface area contributed by atoms with E-state index in [4.69, 9.17) is 0 Å². The van der Waals surface area contributed by atoms with Crippen LogP contribution in [0.2, 0.25) is 0 Å². The molecule has 1 aromatic carbocycles. The predicted molar refractivity (Wildman–Crippen MR) is 73.5 cm³/mol. The van der Waals surface area contributed by atoms with E-state index in [1.165, 1.54) is 24.3 Å². The molecule has 1 aliphatic rings. The molecule has 0 spiro atoms. The van der Waals surface area contributed by atoms with Gasteiger partial charge in [-0.3, -0.25) is 10.1 Å². The molecule has 0 radical (unpaired) electrons. The van der Waals surface area contributed by atoms with Crippen molar-refractivity contribution in [1.82, 2.24) is 5.32 Å². The Hall–Kier alpha value is -2.15. The van der Waals surface area contributed by atoms with E-state index in [-0.39, 0.29) is 11.7 Å². The van der Waals surface area contributed by atoms with Gasteiger partial charge in [0.15, 0.2) is 0 Å². The summed E-state index contributed by atoms with van der Waals surface area (Å²) in [6, 6.07) is 4.94. The number of amides is 2. The van der Waals surface area contributed by atoms with Crippen LogP contribution in [0.1, 0.15) is 25.7 Å². The van der Waals surface area contributed by atoms with Gasteiger partial charge in [0.2, 0.25) is 0 Å². The standard InChI is InChI=1S/C13H17N3O4/c17-12-4-2-1-3-11(12)15-13(18)14-9-5-7-10(8-6-9)16(19)20/h5-8,11-12,17H,1-4H2,(H2,14,15,18)/t11-,12-/m1/s1. The molecule has 1 fully saturated rings. The molecule has 108 valence electrons. The van der Waals surface area contributed by atoms with Crippen LogP contribution < -0.4 is 10.6 Å². The zero-order chi connectivity index (χ0) is 14.5. The highest BCUT2D eigenvalue weighted by molar-refractivity contribution is 5.89. The number of nitrogens with one attached hydrogen (secondary N) is 2. The lowest BCUT2D eigenvalue weighted by Crippen LogP contribution is -2.46. The van der Waals surface area contributed by atoms with Crippen molar-refractivity contribution >= 4 is 17.4 Å². The summed E-state index contributed by atoms with van der Waals surface area (Å²) in [5.74, 6) is 0. The first-order valence-corrected chi connectivity index (χ1v) is 6.56. The van der Waals surface area contributed by atoms with Crippen LogP contribution in [0, 0.1) is 10.1 Å². The van der Waals surface area contributed by atoms with Gasteiger partial charge in [-0.2, -0.15) is 0 Å². The number of rotatable bonds is 3. The van der Waals surface area contributed by atoms with Crippen LogP contribution in [0.15, 0.2) is 24.3 Å². The molecule has 0 bridgehead atoms. The van der Waals surface area contributed by atoms with Gasteiger partial charge in [0.25, 0.3) is 5.69 Å².